The van der Waals surface area contributed by atoms with Gasteiger partial charge in [-0.2, -0.15) is 0 Å². The van der Waals surface area contributed by atoms with Crippen LogP contribution in [0.2, 0.25) is 0 Å². The van der Waals surface area contributed by atoms with E-state index in [2.05, 4.69) is 16.0 Å². The molecular weight excluding hydrogens is 407 g/mol. The van der Waals surface area contributed by atoms with E-state index >= 15 is 0 Å². The average molecular weight is 453 g/mol. The third kappa shape index (κ3) is 20.8. The van der Waals surface area contributed by atoms with Gasteiger partial charge in [-0.1, -0.05) is 96.8 Å². The van der Waals surface area contributed by atoms with Crippen molar-refractivity contribution in [3.05, 3.63) is 0 Å². The summed E-state index contributed by atoms with van der Waals surface area (Å²) in [6.07, 6.45) is 18.2. The van der Waals surface area contributed by atoms with Crippen molar-refractivity contribution >= 4 is 13.8 Å². The average Bonchev–Trinajstić information content (AvgIpc) is 2.73. The molecule has 0 aromatic carbocycles. The number of hydrogen-bond donors (Lipinski definition) is 2. The number of aliphatic hydroxyl groups excluding tert-OH is 1. The van der Waals surface area contributed by atoms with Crippen LogP contribution < -0.4 is 0 Å². The standard InChI is InChI=1S/C22H45O7P/c1-3-4-5-6-7-8-9-10-11-12-13-14-15-16-17-18-22(24)28-19-21(23)20-29-30(25,26)27-2/h21,23H,3-20H2,1-2H3,(H,25,26)/t21-/m1/s1. The summed E-state index contributed by atoms with van der Waals surface area (Å²) in [5, 5.41) is 9.57. The van der Waals surface area contributed by atoms with Crippen molar-refractivity contribution < 1.29 is 33.1 Å². The first-order valence-corrected chi connectivity index (χ1v) is 13.3. The molecule has 0 aliphatic rings. The lowest BCUT2D eigenvalue weighted by Crippen LogP contribution is -2.23. The minimum Gasteiger partial charge on any atom is -0.463 e. The molecule has 2 N–H and O–H groups in total. The summed E-state index contributed by atoms with van der Waals surface area (Å²) in [7, 11) is -3.09. The van der Waals surface area contributed by atoms with E-state index in [-0.39, 0.29) is 12.6 Å². The maximum Gasteiger partial charge on any atom is 0.472 e. The fourth-order valence-electron chi connectivity index (χ4n) is 3.18. The van der Waals surface area contributed by atoms with Gasteiger partial charge >= 0.3 is 13.8 Å². The summed E-state index contributed by atoms with van der Waals surface area (Å²) >= 11 is 0. The van der Waals surface area contributed by atoms with Gasteiger partial charge in [-0.15, -0.1) is 0 Å². The number of rotatable bonds is 22. The third-order valence-electron chi connectivity index (χ3n) is 5.08. The van der Waals surface area contributed by atoms with Gasteiger partial charge < -0.3 is 14.7 Å². The predicted molar refractivity (Wildman–Crippen MR) is 119 cm³/mol. The molecule has 0 amide bonds. The highest BCUT2D eigenvalue weighted by molar-refractivity contribution is 7.47. The normalized spacial score (nSPS) is 14.4. The second kappa shape index (κ2) is 20.4. The van der Waals surface area contributed by atoms with Gasteiger partial charge in [0.1, 0.15) is 12.7 Å². The molecule has 0 heterocycles. The van der Waals surface area contributed by atoms with Gasteiger partial charge in [-0.3, -0.25) is 13.8 Å². The first kappa shape index (κ1) is 29.5. The number of phosphoric acid groups is 1. The van der Waals surface area contributed by atoms with Gasteiger partial charge in [0.2, 0.25) is 0 Å². The molecule has 1 unspecified atom stereocenters. The molecule has 7 nitrogen and oxygen atoms in total. The summed E-state index contributed by atoms with van der Waals surface area (Å²) in [4.78, 5) is 20.7. The minimum absolute atomic E-state index is 0.263. The molecule has 0 bridgehead atoms. The zero-order valence-corrected chi connectivity index (χ0v) is 20.1. The van der Waals surface area contributed by atoms with Gasteiger partial charge in [-0.25, -0.2) is 4.57 Å². The Labute approximate surface area is 183 Å². The quantitative estimate of drug-likeness (QED) is 0.119. The molecule has 30 heavy (non-hydrogen) atoms. The molecule has 0 radical (unpaired) electrons. The number of ether oxygens (including phenoxy) is 1. The van der Waals surface area contributed by atoms with Crippen LogP contribution in [-0.4, -0.2) is 42.4 Å². The fraction of sp³-hybridized carbons (Fsp3) is 0.955. The molecule has 0 aromatic rings. The number of carbonyl (C=O) groups excluding carboxylic acids is 1. The van der Waals surface area contributed by atoms with Gasteiger partial charge in [0.15, 0.2) is 0 Å². The van der Waals surface area contributed by atoms with Crippen LogP contribution in [0.1, 0.15) is 110 Å². The first-order chi connectivity index (χ1) is 14.4. The van der Waals surface area contributed by atoms with Crippen LogP contribution in [0, 0.1) is 0 Å². The Morgan fingerprint density at radius 2 is 1.23 bits per heavy atom. The van der Waals surface area contributed by atoms with E-state index in [0.717, 1.165) is 26.4 Å². The predicted octanol–water partition coefficient (Wildman–Crippen LogP) is 5.92. The molecule has 0 spiro atoms. The van der Waals surface area contributed by atoms with Crippen LogP contribution in [0.15, 0.2) is 0 Å². The molecule has 0 saturated heterocycles. The number of aliphatic hydroxyl groups is 1. The Morgan fingerprint density at radius 1 is 0.800 bits per heavy atom. The maximum absolute atomic E-state index is 11.6. The SMILES string of the molecule is CCCCCCCCCCCCCCCCCC(=O)OC[C@@H](O)COP(=O)(O)OC. The Hall–Kier alpha value is -0.460. The van der Waals surface area contributed by atoms with Crippen molar-refractivity contribution in [1.82, 2.24) is 0 Å². The Balaban J connectivity index is 3.34. The molecule has 2 atom stereocenters. The zero-order chi connectivity index (χ0) is 22.5. The number of unbranched alkanes of at least 4 members (excludes halogenated alkanes) is 14. The van der Waals surface area contributed by atoms with Gasteiger partial charge in [0, 0.05) is 13.5 Å². The molecule has 0 saturated carbocycles. The topological polar surface area (TPSA) is 102 Å². The van der Waals surface area contributed by atoms with Gasteiger partial charge in [0.25, 0.3) is 0 Å². The third-order valence-corrected chi connectivity index (χ3v) is 6.02. The van der Waals surface area contributed by atoms with Crippen molar-refractivity contribution in [3.8, 4) is 0 Å². The van der Waals surface area contributed by atoms with Crippen LogP contribution in [0.5, 0.6) is 0 Å². The van der Waals surface area contributed by atoms with Crippen LogP contribution in [0.3, 0.4) is 0 Å². The summed E-state index contributed by atoms with van der Waals surface area (Å²) in [6.45, 7) is 1.56. The van der Waals surface area contributed by atoms with Crippen molar-refractivity contribution in [1.29, 1.82) is 0 Å². The molecule has 8 heteroatoms. The largest absolute Gasteiger partial charge is 0.472 e. The lowest BCUT2D eigenvalue weighted by atomic mass is 10.0. The van der Waals surface area contributed by atoms with E-state index in [0.29, 0.717) is 6.42 Å². The van der Waals surface area contributed by atoms with Gasteiger partial charge in [-0.05, 0) is 6.42 Å². The highest BCUT2D eigenvalue weighted by atomic mass is 31.2. The van der Waals surface area contributed by atoms with E-state index in [9.17, 15) is 14.5 Å². The van der Waals surface area contributed by atoms with Crippen LogP contribution in [-0.2, 0) is 23.1 Å². The Kier molecular flexibility index (Phi) is 20.1. The molecular formula is C22H45O7P. The minimum atomic E-state index is -4.12. The maximum atomic E-state index is 11.6. The monoisotopic (exact) mass is 452 g/mol. The summed E-state index contributed by atoms with van der Waals surface area (Å²) < 4.78 is 24.8. The lowest BCUT2D eigenvalue weighted by Gasteiger charge is -2.13. The number of hydrogen-bond acceptors (Lipinski definition) is 6. The fourth-order valence-corrected chi connectivity index (χ4v) is 3.65. The Bertz CT molecular complexity index is 445. The smallest absolute Gasteiger partial charge is 0.463 e. The van der Waals surface area contributed by atoms with E-state index in [4.69, 9.17) is 9.63 Å². The van der Waals surface area contributed by atoms with Crippen LogP contribution >= 0.6 is 7.82 Å². The summed E-state index contributed by atoms with van der Waals surface area (Å²) in [6, 6.07) is 0. The molecule has 0 rings (SSSR count). The van der Waals surface area contributed by atoms with E-state index in [1.54, 1.807) is 0 Å². The molecule has 0 aromatic heterocycles. The first-order valence-electron chi connectivity index (χ1n) is 11.8. The van der Waals surface area contributed by atoms with Crippen molar-refractivity contribution in [2.75, 3.05) is 20.3 Å². The van der Waals surface area contributed by atoms with Gasteiger partial charge in [0.05, 0.1) is 6.61 Å². The molecule has 0 aliphatic carbocycles. The highest BCUT2D eigenvalue weighted by Gasteiger charge is 2.21. The number of carbonyl (C=O) groups is 1. The van der Waals surface area contributed by atoms with E-state index in [1.165, 1.54) is 77.0 Å². The highest BCUT2D eigenvalue weighted by Crippen LogP contribution is 2.41. The summed E-state index contributed by atoms with van der Waals surface area (Å²) in [5.74, 6) is -0.373. The summed E-state index contributed by atoms with van der Waals surface area (Å²) in [5.41, 5.74) is 0. The van der Waals surface area contributed by atoms with Crippen molar-refractivity contribution in [2.45, 2.75) is 116 Å². The van der Waals surface area contributed by atoms with Crippen molar-refractivity contribution in [3.63, 3.8) is 0 Å². The van der Waals surface area contributed by atoms with Crippen LogP contribution in [0.4, 0.5) is 0 Å². The number of esters is 1. The lowest BCUT2D eigenvalue weighted by molar-refractivity contribution is -0.147. The van der Waals surface area contributed by atoms with Crippen molar-refractivity contribution in [2.24, 2.45) is 0 Å². The molecule has 0 fully saturated rings. The second-order valence-electron chi connectivity index (χ2n) is 7.98. The molecule has 180 valence electrons. The Morgan fingerprint density at radius 3 is 1.67 bits per heavy atom. The van der Waals surface area contributed by atoms with E-state index in [1.807, 2.05) is 0 Å². The van der Waals surface area contributed by atoms with Crippen LogP contribution in [0.25, 0.3) is 0 Å². The number of phosphoric ester groups is 1. The van der Waals surface area contributed by atoms with E-state index < -0.39 is 20.5 Å². The molecule has 0 aliphatic heterocycles. The second-order valence-corrected chi connectivity index (χ2v) is 9.54. The zero-order valence-electron chi connectivity index (χ0n) is 19.2.